The summed E-state index contributed by atoms with van der Waals surface area (Å²) in [5, 5.41) is 0. The van der Waals surface area contributed by atoms with E-state index in [1.807, 2.05) is 0 Å². The minimum absolute atomic E-state index is 0.295. The number of hydrogen-bond acceptors (Lipinski definition) is 2. The Labute approximate surface area is 104 Å². The number of halogens is 2. The molecule has 2 aromatic rings. The largest absolute Gasteiger partial charge is 0.439 e. The van der Waals surface area contributed by atoms with Crippen molar-refractivity contribution >= 4 is 11.6 Å². The molecule has 0 atom stereocenters. The van der Waals surface area contributed by atoms with E-state index in [2.05, 4.69) is 4.98 Å². The molecule has 0 radical (unpaired) electrons. The van der Waals surface area contributed by atoms with Gasteiger partial charge in [0.2, 0.25) is 5.88 Å². The number of nitrogens with zero attached hydrogens (tertiary/aromatic N) is 1. The second-order valence-corrected chi connectivity index (χ2v) is 3.88. The first-order valence-corrected chi connectivity index (χ1v) is 5.68. The molecular formula is C13H11ClFNO. The fraction of sp³-hybridized carbons (Fsp3) is 0.154. The van der Waals surface area contributed by atoms with Crippen molar-refractivity contribution < 1.29 is 9.13 Å². The molecule has 2 nitrogen and oxygen atoms in total. The van der Waals surface area contributed by atoms with Crippen LogP contribution in [0.4, 0.5) is 4.39 Å². The normalized spacial score (nSPS) is 10.3. The number of ether oxygens (including phenoxy) is 1. The van der Waals surface area contributed by atoms with Crippen LogP contribution in [0.2, 0.25) is 0 Å². The summed E-state index contributed by atoms with van der Waals surface area (Å²) in [6, 6.07) is 10.0. The summed E-state index contributed by atoms with van der Waals surface area (Å²) in [5.74, 6) is 0.856. The zero-order chi connectivity index (χ0) is 12.3. The predicted molar refractivity (Wildman–Crippen MR) is 65.0 cm³/mol. The van der Waals surface area contributed by atoms with Crippen molar-refractivity contribution in [3.05, 3.63) is 53.5 Å². The van der Waals surface area contributed by atoms with Gasteiger partial charge in [-0.15, -0.1) is 11.6 Å². The highest BCUT2D eigenvalue weighted by Gasteiger charge is 2.03. The molecule has 88 valence electrons. The van der Waals surface area contributed by atoms with Crippen molar-refractivity contribution in [2.75, 3.05) is 0 Å². The Morgan fingerprint density at radius 1 is 1.29 bits per heavy atom. The second-order valence-electron chi connectivity index (χ2n) is 3.61. The fourth-order valence-corrected chi connectivity index (χ4v) is 1.50. The molecule has 4 heteroatoms. The molecule has 0 saturated carbocycles. The number of benzene rings is 1. The first-order chi connectivity index (χ1) is 8.19. The summed E-state index contributed by atoms with van der Waals surface area (Å²) in [5.41, 5.74) is 1.30. The lowest BCUT2D eigenvalue weighted by Crippen LogP contribution is -1.92. The monoisotopic (exact) mass is 251 g/mol. The molecule has 0 spiro atoms. The van der Waals surface area contributed by atoms with Gasteiger partial charge in [-0.2, -0.15) is 0 Å². The Balaban J connectivity index is 2.22. The highest BCUT2D eigenvalue weighted by molar-refractivity contribution is 6.16. The number of rotatable bonds is 3. The summed E-state index contributed by atoms with van der Waals surface area (Å²) in [4.78, 5) is 4.16. The van der Waals surface area contributed by atoms with Gasteiger partial charge in [-0.05, 0) is 24.6 Å². The highest BCUT2D eigenvalue weighted by Crippen LogP contribution is 2.22. The molecule has 0 aliphatic rings. The van der Waals surface area contributed by atoms with Gasteiger partial charge in [0.05, 0.1) is 11.6 Å². The van der Waals surface area contributed by atoms with E-state index in [1.165, 1.54) is 6.07 Å². The molecule has 1 aromatic heterocycles. The quantitative estimate of drug-likeness (QED) is 0.768. The number of pyridine rings is 1. The average Bonchev–Trinajstić information content (AvgIpc) is 2.34. The van der Waals surface area contributed by atoms with Crippen LogP contribution in [0.5, 0.6) is 11.6 Å². The minimum atomic E-state index is -0.295. The van der Waals surface area contributed by atoms with Gasteiger partial charge >= 0.3 is 0 Å². The van der Waals surface area contributed by atoms with Gasteiger partial charge in [0.25, 0.3) is 0 Å². The van der Waals surface area contributed by atoms with Crippen LogP contribution >= 0.6 is 11.6 Å². The first-order valence-electron chi connectivity index (χ1n) is 5.15. The van der Waals surface area contributed by atoms with Crippen LogP contribution in [0.25, 0.3) is 0 Å². The topological polar surface area (TPSA) is 22.1 Å². The lowest BCUT2D eigenvalue weighted by Gasteiger charge is -2.06. The smallest absolute Gasteiger partial charge is 0.219 e. The number of aryl methyl sites for hydroxylation is 1. The molecule has 0 saturated heterocycles. The van der Waals surface area contributed by atoms with Crippen molar-refractivity contribution in [3.63, 3.8) is 0 Å². The summed E-state index contributed by atoms with van der Waals surface area (Å²) in [6.45, 7) is 1.70. The van der Waals surface area contributed by atoms with Crippen LogP contribution in [0.1, 0.15) is 11.3 Å². The molecule has 0 aliphatic carbocycles. The Bertz CT molecular complexity index is 531. The van der Waals surface area contributed by atoms with Crippen molar-refractivity contribution in [2.24, 2.45) is 0 Å². The Kier molecular flexibility index (Phi) is 3.59. The molecule has 1 aromatic carbocycles. The van der Waals surface area contributed by atoms with Crippen molar-refractivity contribution in [2.45, 2.75) is 12.8 Å². The molecule has 0 aliphatic heterocycles. The third-order valence-corrected chi connectivity index (χ3v) is 2.56. The first kappa shape index (κ1) is 11.9. The van der Waals surface area contributed by atoms with Crippen LogP contribution in [-0.4, -0.2) is 4.98 Å². The zero-order valence-corrected chi connectivity index (χ0v) is 10.0. The average molecular weight is 252 g/mol. The van der Waals surface area contributed by atoms with E-state index in [-0.39, 0.29) is 5.82 Å². The van der Waals surface area contributed by atoms with Gasteiger partial charge in [0.1, 0.15) is 11.6 Å². The van der Waals surface area contributed by atoms with Gasteiger partial charge in [-0.1, -0.05) is 12.1 Å². The molecule has 1 heterocycles. The van der Waals surface area contributed by atoms with Gasteiger partial charge in [-0.3, -0.25) is 0 Å². The maximum atomic E-state index is 13.3. The lowest BCUT2D eigenvalue weighted by molar-refractivity contribution is 0.456. The van der Waals surface area contributed by atoms with Crippen molar-refractivity contribution in [1.29, 1.82) is 0 Å². The van der Waals surface area contributed by atoms with Gasteiger partial charge < -0.3 is 4.74 Å². The molecule has 0 amide bonds. The number of aromatic nitrogens is 1. The Morgan fingerprint density at radius 3 is 2.82 bits per heavy atom. The SMILES string of the molecule is Cc1ccc(Oc2cccc(CCl)n2)cc1F. The molecule has 0 bridgehead atoms. The predicted octanol–water partition coefficient (Wildman–Crippen LogP) is 4.06. The van der Waals surface area contributed by atoms with Crippen LogP contribution in [0.15, 0.2) is 36.4 Å². The van der Waals surface area contributed by atoms with Gasteiger partial charge in [-0.25, -0.2) is 9.37 Å². The standard InChI is InChI=1S/C13H11ClFNO/c1-9-5-6-11(7-12(9)15)17-13-4-2-3-10(8-14)16-13/h2-7H,8H2,1H3. The number of alkyl halides is 1. The maximum absolute atomic E-state index is 13.3. The molecule has 2 rings (SSSR count). The molecule has 0 fully saturated rings. The molecule has 0 N–H and O–H groups in total. The van der Waals surface area contributed by atoms with E-state index in [0.717, 1.165) is 5.69 Å². The van der Waals surface area contributed by atoms with E-state index in [1.54, 1.807) is 37.3 Å². The van der Waals surface area contributed by atoms with Crippen molar-refractivity contribution in [3.8, 4) is 11.6 Å². The minimum Gasteiger partial charge on any atom is -0.439 e. The van der Waals surface area contributed by atoms with Gasteiger partial charge in [0.15, 0.2) is 0 Å². The maximum Gasteiger partial charge on any atom is 0.219 e. The second kappa shape index (κ2) is 5.15. The lowest BCUT2D eigenvalue weighted by atomic mass is 10.2. The van der Waals surface area contributed by atoms with E-state index in [9.17, 15) is 4.39 Å². The summed E-state index contributed by atoms with van der Waals surface area (Å²) in [6.07, 6.45) is 0. The van der Waals surface area contributed by atoms with E-state index in [0.29, 0.717) is 23.1 Å². The highest BCUT2D eigenvalue weighted by atomic mass is 35.5. The molecular weight excluding hydrogens is 241 g/mol. The number of hydrogen-bond donors (Lipinski definition) is 0. The van der Waals surface area contributed by atoms with E-state index in [4.69, 9.17) is 16.3 Å². The summed E-state index contributed by atoms with van der Waals surface area (Å²) in [7, 11) is 0. The van der Waals surface area contributed by atoms with Crippen molar-refractivity contribution in [1.82, 2.24) is 4.98 Å². The fourth-order valence-electron chi connectivity index (χ4n) is 1.35. The molecule has 17 heavy (non-hydrogen) atoms. The van der Waals surface area contributed by atoms with Crippen LogP contribution < -0.4 is 4.74 Å². The Hall–Kier alpha value is -1.61. The van der Waals surface area contributed by atoms with Crippen LogP contribution in [-0.2, 0) is 5.88 Å². The third-order valence-electron chi connectivity index (χ3n) is 2.28. The third kappa shape index (κ3) is 2.94. The molecule has 0 unspecified atom stereocenters. The van der Waals surface area contributed by atoms with E-state index < -0.39 is 0 Å². The summed E-state index contributed by atoms with van der Waals surface area (Å²) < 4.78 is 18.8. The van der Waals surface area contributed by atoms with Gasteiger partial charge in [0, 0.05) is 12.1 Å². The van der Waals surface area contributed by atoms with Crippen LogP contribution in [0.3, 0.4) is 0 Å². The van der Waals surface area contributed by atoms with Crippen LogP contribution in [0, 0.1) is 12.7 Å². The summed E-state index contributed by atoms with van der Waals surface area (Å²) >= 11 is 5.67. The zero-order valence-electron chi connectivity index (χ0n) is 9.28. The Morgan fingerprint density at radius 2 is 2.12 bits per heavy atom. The van der Waals surface area contributed by atoms with E-state index >= 15 is 0 Å².